The fraction of sp³-hybridized carbons (Fsp3) is 0.533. The number of carbonyl (C=O) groups excluding carboxylic acids is 1. The van der Waals surface area contributed by atoms with E-state index in [1.54, 1.807) is 0 Å². The molecule has 3 rings (SSSR count). The van der Waals surface area contributed by atoms with Crippen LogP contribution in [0.15, 0.2) is 24.3 Å². The zero-order valence-corrected chi connectivity index (χ0v) is 13.2. The standard InChI is InChI=1S/C15H19IN2O/c16-13-5-3-4-12(10-13)15(19)18-9-6-14(11-18)17-7-1-2-8-17/h3-5,10,14H,1-2,6-9,11H2. The molecule has 0 bridgehead atoms. The van der Waals surface area contributed by atoms with E-state index in [-0.39, 0.29) is 5.91 Å². The number of amides is 1. The second-order valence-electron chi connectivity index (χ2n) is 5.45. The second kappa shape index (κ2) is 5.79. The molecule has 0 aliphatic carbocycles. The molecule has 2 fully saturated rings. The van der Waals surface area contributed by atoms with Crippen LogP contribution < -0.4 is 0 Å². The van der Waals surface area contributed by atoms with E-state index in [2.05, 4.69) is 27.5 Å². The predicted octanol–water partition coefficient (Wildman–Crippen LogP) is 2.60. The second-order valence-corrected chi connectivity index (χ2v) is 6.69. The molecule has 4 heteroatoms. The molecule has 3 nitrogen and oxygen atoms in total. The fourth-order valence-corrected chi connectivity index (χ4v) is 3.68. The summed E-state index contributed by atoms with van der Waals surface area (Å²) in [6.07, 6.45) is 3.78. The van der Waals surface area contributed by atoms with Crippen molar-refractivity contribution in [3.05, 3.63) is 33.4 Å². The van der Waals surface area contributed by atoms with Crippen LogP contribution >= 0.6 is 22.6 Å². The van der Waals surface area contributed by atoms with E-state index in [4.69, 9.17) is 0 Å². The SMILES string of the molecule is O=C(c1cccc(I)c1)N1CCC(N2CCCC2)C1. The predicted molar refractivity (Wildman–Crippen MR) is 84.3 cm³/mol. The Labute approximate surface area is 128 Å². The first-order chi connectivity index (χ1) is 9.24. The van der Waals surface area contributed by atoms with Gasteiger partial charge < -0.3 is 4.90 Å². The molecule has 2 saturated heterocycles. The van der Waals surface area contributed by atoms with Gasteiger partial charge in [-0.15, -0.1) is 0 Å². The zero-order valence-electron chi connectivity index (χ0n) is 11.0. The van der Waals surface area contributed by atoms with Crippen molar-refractivity contribution in [2.24, 2.45) is 0 Å². The molecule has 2 heterocycles. The van der Waals surface area contributed by atoms with E-state index in [0.29, 0.717) is 6.04 Å². The molecule has 0 spiro atoms. The monoisotopic (exact) mass is 370 g/mol. The van der Waals surface area contributed by atoms with Crippen LogP contribution in [-0.4, -0.2) is 47.9 Å². The highest BCUT2D eigenvalue weighted by Crippen LogP contribution is 2.22. The summed E-state index contributed by atoms with van der Waals surface area (Å²) in [6, 6.07) is 8.48. The van der Waals surface area contributed by atoms with Gasteiger partial charge in [-0.25, -0.2) is 0 Å². The van der Waals surface area contributed by atoms with Gasteiger partial charge in [0.1, 0.15) is 0 Å². The van der Waals surface area contributed by atoms with Crippen molar-refractivity contribution in [3.8, 4) is 0 Å². The van der Waals surface area contributed by atoms with Gasteiger partial charge in [0, 0.05) is 28.3 Å². The maximum Gasteiger partial charge on any atom is 0.253 e. The van der Waals surface area contributed by atoms with Crippen LogP contribution in [0, 0.1) is 3.57 Å². The van der Waals surface area contributed by atoms with Crippen LogP contribution in [0.2, 0.25) is 0 Å². The molecule has 0 radical (unpaired) electrons. The average Bonchev–Trinajstić information content (AvgIpc) is 3.08. The van der Waals surface area contributed by atoms with Crippen LogP contribution in [0.3, 0.4) is 0 Å². The third kappa shape index (κ3) is 2.94. The van der Waals surface area contributed by atoms with Crippen molar-refractivity contribution in [2.75, 3.05) is 26.2 Å². The molecule has 1 aromatic rings. The van der Waals surface area contributed by atoms with Gasteiger partial charge >= 0.3 is 0 Å². The van der Waals surface area contributed by atoms with Gasteiger partial charge in [0.15, 0.2) is 0 Å². The maximum absolute atomic E-state index is 12.5. The summed E-state index contributed by atoms with van der Waals surface area (Å²) in [5.74, 6) is 0.195. The van der Waals surface area contributed by atoms with Crippen molar-refractivity contribution in [1.82, 2.24) is 9.80 Å². The van der Waals surface area contributed by atoms with Gasteiger partial charge in [0.25, 0.3) is 5.91 Å². The van der Waals surface area contributed by atoms with E-state index >= 15 is 0 Å². The van der Waals surface area contributed by atoms with Gasteiger partial charge in [0.05, 0.1) is 0 Å². The van der Waals surface area contributed by atoms with Crippen molar-refractivity contribution >= 4 is 28.5 Å². The fourth-order valence-electron chi connectivity index (χ4n) is 3.14. The summed E-state index contributed by atoms with van der Waals surface area (Å²) in [4.78, 5) is 17.0. The Hall–Kier alpha value is -0.620. The van der Waals surface area contributed by atoms with Crippen molar-refractivity contribution < 1.29 is 4.79 Å². The first-order valence-electron chi connectivity index (χ1n) is 7.03. The normalized spacial score (nSPS) is 24.1. The van der Waals surface area contributed by atoms with E-state index in [1.807, 2.05) is 29.2 Å². The summed E-state index contributed by atoms with van der Waals surface area (Å²) in [5.41, 5.74) is 0.828. The number of halogens is 1. The number of benzene rings is 1. The Kier molecular flexibility index (Phi) is 4.07. The van der Waals surface area contributed by atoms with E-state index < -0.39 is 0 Å². The van der Waals surface area contributed by atoms with Gasteiger partial charge in [-0.05, 0) is 73.1 Å². The largest absolute Gasteiger partial charge is 0.337 e. The lowest BCUT2D eigenvalue weighted by atomic mass is 10.2. The smallest absolute Gasteiger partial charge is 0.253 e. The topological polar surface area (TPSA) is 23.6 Å². The molecule has 1 amide bonds. The van der Waals surface area contributed by atoms with Crippen molar-refractivity contribution in [1.29, 1.82) is 0 Å². The number of carbonyl (C=O) groups is 1. The van der Waals surface area contributed by atoms with Crippen molar-refractivity contribution in [3.63, 3.8) is 0 Å². The summed E-state index contributed by atoms with van der Waals surface area (Å²) < 4.78 is 1.12. The molecular formula is C15H19IN2O. The van der Waals surface area contributed by atoms with Gasteiger partial charge in [0.2, 0.25) is 0 Å². The van der Waals surface area contributed by atoms with E-state index in [0.717, 1.165) is 28.6 Å². The highest BCUT2D eigenvalue weighted by molar-refractivity contribution is 14.1. The molecule has 2 aliphatic heterocycles. The Morgan fingerprint density at radius 1 is 1.21 bits per heavy atom. The number of rotatable bonds is 2. The minimum Gasteiger partial charge on any atom is -0.337 e. The van der Waals surface area contributed by atoms with Crippen LogP contribution in [0.4, 0.5) is 0 Å². The molecular weight excluding hydrogens is 351 g/mol. The molecule has 19 heavy (non-hydrogen) atoms. The Bertz CT molecular complexity index is 471. The average molecular weight is 370 g/mol. The molecule has 2 aliphatic rings. The quantitative estimate of drug-likeness (QED) is 0.748. The maximum atomic E-state index is 12.5. The summed E-state index contributed by atoms with van der Waals surface area (Å²) >= 11 is 2.26. The van der Waals surface area contributed by atoms with E-state index in [1.165, 1.54) is 25.9 Å². The third-order valence-electron chi connectivity index (χ3n) is 4.18. The van der Waals surface area contributed by atoms with Crippen LogP contribution in [-0.2, 0) is 0 Å². The minimum absolute atomic E-state index is 0.195. The van der Waals surface area contributed by atoms with Crippen LogP contribution in [0.1, 0.15) is 29.6 Å². The highest BCUT2D eigenvalue weighted by Gasteiger charge is 2.31. The molecule has 0 saturated carbocycles. The summed E-state index contributed by atoms with van der Waals surface area (Å²) in [5, 5.41) is 0. The summed E-state index contributed by atoms with van der Waals surface area (Å²) in [7, 11) is 0. The molecule has 102 valence electrons. The lowest BCUT2D eigenvalue weighted by Gasteiger charge is -2.23. The number of hydrogen-bond acceptors (Lipinski definition) is 2. The first kappa shape index (κ1) is 13.4. The van der Waals surface area contributed by atoms with Crippen molar-refractivity contribution in [2.45, 2.75) is 25.3 Å². The Balaban J connectivity index is 1.65. The third-order valence-corrected chi connectivity index (χ3v) is 4.85. The van der Waals surface area contributed by atoms with Crippen LogP contribution in [0.25, 0.3) is 0 Å². The highest BCUT2D eigenvalue weighted by atomic mass is 127. The molecule has 0 N–H and O–H groups in total. The number of nitrogens with zero attached hydrogens (tertiary/aromatic N) is 2. The van der Waals surface area contributed by atoms with Gasteiger partial charge in [-0.1, -0.05) is 6.07 Å². The zero-order chi connectivity index (χ0) is 13.2. The lowest BCUT2D eigenvalue weighted by Crippen LogP contribution is -2.37. The minimum atomic E-state index is 0.195. The lowest BCUT2D eigenvalue weighted by molar-refractivity contribution is 0.0780. The Morgan fingerprint density at radius 2 is 2.00 bits per heavy atom. The number of likely N-dealkylation sites (tertiary alicyclic amines) is 2. The molecule has 0 aromatic heterocycles. The van der Waals surface area contributed by atoms with Gasteiger partial charge in [-0.3, -0.25) is 9.69 Å². The Morgan fingerprint density at radius 3 is 2.74 bits per heavy atom. The summed E-state index contributed by atoms with van der Waals surface area (Å²) in [6.45, 7) is 4.25. The molecule has 1 unspecified atom stereocenters. The molecule has 1 atom stereocenters. The number of hydrogen-bond donors (Lipinski definition) is 0. The first-order valence-corrected chi connectivity index (χ1v) is 8.11. The van der Waals surface area contributed by atoms with Crippen LogP contribution in [0.5, 0.6) is 0 Å². The molecule has 1 aromatic carbocycles. The van der Waals surface area contributed by atoms with Gasteiger partial charge in [-0.2, -0.15) is 0 Å². The van der Waals surface area contributed by atoms with E-state index in [9.17, 15) is 4.79 Å².